The summed E-state index contributed by atoms with van der Waals surface area (Å²) in [5.74, 6) is 1.21. The molecule has 0 N–H and O–H groups in total. The molecule has 0 spiro atoms. The number of nitrogens with zero attached hydrogens (tertiary/aromatic N) is 6. The lowest BCUT2D eigenvalue weighted by molar-refractivity contribution is 1.01. The fraction of sp³-hybridized carbons (Fsp3) is 0.0606. The summed E-state index contributed by atoms with van der Waals surface area (Å²) in [4.78, 5) is 14.4. The average Bonchev–Trinajstić information content (AvgIpc) is 3.96. The second-order valence-electron chi connectivity index (χ2n) is 18.5. The largest absolute Gasteiger partial charge is 0.344 e. The molecule has 0 saturated heterocycles. The van der Waals surface area contributed by atoms with Gasteiger partial charge >= 0.3 is 0 Å². The van der Waals surface area contributed by atoms with Crippen molar-refractivity contribution in [2.24, 2.45) is 22.0 Å². The first kappa shape index (κ1) is 42.7. The van der Waals surface area contributed by atoms with E-state index >= 15 is 0 Å². The molecule has 8 aromatic carbocycles. The highest BCUT2D eigenvalue weighted by Gasteiger charge is 2.21. The van der Waals surface area contributed by atoms with E-state index in [-0.39, 0.29) is 0 Å². The first-order valence-electron chi connectivity index (χ1n) is 24.6. The highest BCUT2D eigenvalue weighted by molar-refractivity contribution is 6.14. The normalized spacial score (nSPS) is 13.7. The third kappa shape index (κ3) is 7.32. The highest BCUT2D eigenvalue weighted by atomic mass is 15.0. The van der Waals surface area contributed by atoms with Crippen LogP contribution in [0.3, 0.4) is 0 Å². The Labute approximate surface area is 417 Å². The van der Waals surface area contributed by atoms with Crippen molar-refractivity contribution in [3.05, 3.63) is 246 Å². The van der Waals surface area contributed by atoms with Crippen molar-refractivity contribution in [2.45, 2.75) is 19.4 Å². The smallest absolute Gasteiger partial charge is 0.161 e. The monoisotopic (exact) mass is 924 g/mol. The lowest BCUT2D eigenvalue weighted by atomic mass is 9.95. The molecule has 342 valence electrons. The average molecular weight is 925 g/mol. The molecule has 0 atom stereocenters. The van der Waals surface area contributed by atoms with E-state index < -0.39 is 0 Å². The van der Waals surface area contributed by atoms with Gasteiger partial charge in [-0.05, 0) is 102 Å². The van der Waals surface area contributed by atoms with Crippen LogP contribution < -0.4 is 0 Å². The summed E-state index contributed by atoms with van der Waals surface area (Å²) in [7, 11) is 2.16. The third-order valence-electron chi connectivity index (χ3n) is 14.4. The number of allylic oxidation sites excluding steroid dienone is 4. The maximum atomic E-state index is 5.09. The Morgan fingerprint density at radius 2 is 1.25 bits per heavy atom. The topological polar surface area (TPSA) is 51.9 Å². The number of benzene rings is 8. The van der Waals surface area contributed by atoms with Gasteiger partial charge in [0.1, 0.15) is 0 Å². The van der Waals surface area contributed by atoms with Crippen molar-refractivity contribution in [2.75, 3.05) is 0 Å². The molecule has 6 heteroatoms. The predicted molar refractivity (Wildman–Crippen MR) is 304 cm³/mol. The van der Waals surface area contributed by atoms with E-state index in [1.165, 1.54) is 54.6 Å². The number of rotatable bonds is 8. The molecule has 0 saturated carbocycles. The Hall–Kier alpha value is -9.35. The number of hydrogen-bond donors (Lipinski definition) is 0. The summed E-state index contributed by atoms with van der Waals surface area (Å²) in [6.07, 6.45) is 16.9. The number of amidine groups is 2. The molecule has 3 heterocycles. The first-order chi connectivity index (χ1) is 35.6. The fourth-order valence-corrected chi connectivity index (χ4v) is 10.9. The van der Waals surface area contributed by atoms with E-state index in [1.807, 2.05) is 36.4 Å². The van der Waals surface area contributed by atoms with E-state index in [1.54, 1.807) is 0 Å². The van der Waals surface area contributed by atoms with Crippen LogP contribution in [-0.4, -0.2) is 32.1 Å². The summed E-state index contributed by atoms with van der Waals surface area (Å²) < 4.78 is 7.14. The van der Waals surface area contributed by atoms with Crippen molar-refractivity contribution < 1.29 is 0 Å². The highest BCUT2D eigenvalue weighted by Crippen LogP contribution is 2.42. The zero-order valence-corrected chi connectivity index (χ0v) is 39.9. The molecule has 6 nitrogen and oxygen atoms in total. The second kappa shape index (κ2) is 17.9. The van der Waals surface area contributed by atoms with Gasteiger partial charge in [0.15, 0.2) is 11.7 Å². The van der Waals surface area contributed by atoms with Crippen LogP contribution in [0.15, 0.2) is 239 Å². The number of fused-ring (bicyclic) bond motifs is 9. The van der Waals surface area contributed by atoms with Gasteiger partial charge < -0.3 is 13.7 Å². The quantitative estimate of drug-likeness (QED) is 0.0828. The molecule has 0 aliphatic heterocycles. The van der Waals surface area contributed by atoms with Crippen molar-refractivity contribution in [3.8, 4) is 33.6 Å². The van der Waals surface area contributed by atoms with Crippen molar-refractivity contribution in [1.82, 2.24) is 13.7 Å². The maximum Gasteiger partial charge on any atom is 0.161 e. The van der Waals surface area contributed by atoms with Gasteiger partial charge in [-0.2, -0.15) is 0 Å². The molecule has 0 bridgehead atoms. The molecule has 0 amide bonds. The van der Waals surface area contributed by atoms with Crippen LogP contribution in [0.1, 0.15) is 35.2 Å². The molecule has 0 fully saturated rings. The van der Waals surface area contributed by atoms with Crippen molar-refractivity contribution in [1.29, 1.82) is 0 Å². The molecule has 72 heavy (non-hydrogen) atoms. The Morgan fingerprint density at radius 3 is 2.00 bits per heavy atom. The maximum absolute atomic E-state index is 5.09. The van der Waals surface area contributed by atoms with Crippen molar-refractivity contribution >= 4 is 85.1 Å². The number of aliphatic imine (C=N–C) groups is 3. The van der Waals surface area contributed by atoms with Gasteiger partial charge in [0, 0.05) is 73.5 Å². The van der Waals surface area contributed by atoms with Crippen LogP contribution in [-0.2, 0) is 13.6 Å². The molecule has 11 aromatic rings. The predicted octanol–water partition coefficient (Wildman–Crippen LogP) is 16.2. The summed E-state index contributed by atoms with van der Waals surface area (Å²) in [6, 6.07) is 65.7. The zero-order valence-electron chi connectivity index (χ0n) is 39.9. The van der Waals surface area contributed by atoms with Crippen LogP contribution >= 0.6 is 0 Å². The van der Waals surface area contributed by atoms with Gasteiger partial charge in [0.2, 0.25) is 0 Å². The number of para-hydroxylation sites is 3. The Bertz CT molecular complexity index is 4180. The number of aryl methyl sites for hydroxylation is 1. The Kier molecular flexibility index (Phi) is 10.6. The van der Waals surface area contributed by atoms with E-state index in [2.05, 4.69) is 226 Å². The fourth-order valence-electron chi connectivity index (χ4n) is 10.9. The van der Waals surface area contributed by atoms with Gasteiger partial charge in [0.25, 0.3) is 0 Å². The molecule has 0 radical (unpaired) electrons. The standard InChI is InChI=1S/C66H48N6/c1-67-65(46-18-6-3-7-19-46)69-66(47-20-8-4-9-21-47)68-43-44-30-32-45(33-31-44)48-34-38-62(72-60-28-16-13-24-52(60)53-25-14-17-29-61(53)72)56(40-48)49-35-39-63-57(41-49)54-22-10-5-11-27-59(54)71(63)50-36-37-55-51-23-12-15-26-58(51)70(2)64(55)42-50/h3,5-8,10,12-42H,1,4,9,43H2,2H3. The zero-order chi connectivity index (χ0) is 48.1. The van der Waals surface area contributed by atoms with Crippen LogP contribution in [0.2, 0.25) is 0 Å². The molecule has 3 aromatic heterocycles. The summed E-state index contributed by atoms with van der Waals surface area (Å²) in [5, 5.41) is 6.15. The van der Waals surface area contributed by atoms with Crippen LogP contribution in [0.5, 0.6) is 0 Å². The molecular weight excluding hydrogens is 877 g/mol. The van der Waals surface area contributed by atoms with E-state index in [9.17, 15) is 0 Å². The molecule has 2 aliphatic carbocycles. The molecular formula is C66H48N6. The number of aromatic nitrogens is 3. The minimum Gasteiger partial charge on any atom is -0.344 e. The Balaban J connectivity index is 0.939. The lowest BCUT2D eigenvalue weighted by Gasteiger charge is -2.17. The van der Waals surface area contributed by atoms with E-state index in [0.29, 0.717) is 18.2 Å². The molecule has 0 unspecified atom stereocenters. The summed E-state index contributed by atoms with van der Waals surface area (Å²) in [5.41, 5.74) is 21.4. The minimum absolute atomic E-state index is 0.473. The summed E-state index contributed by atoms with van der Waals surface area (Å²) in [6.45, 7) is 4.32. The van der Waals surface area contributed by atoms with Crippen LogP contribution in [0.4, 0.5) is 0 Å². The van der Waals surface area contributed by atoms with Crippen LogP contribution in [0.25, 0.3) is 100 Å². The Morgan fingerprint density at radius 1 is 0.569 bits per heavy atom. The van der Waals surface area contributed by atoms with Crippen LogP contribution in [0, 0.1) is 0 Å². The third-order valence-corrected chi connectivity index (χ3v) is 14.4. The van der Waals surface area contributed by atoms with Gasteiger partial charge in [0.05, 0.1) is 40.0 Å². The SMILES string of the molecule is C=NC(=NC(=NCc1ccc(-c2ccc(-n3c4ccccc4c4ccccc43)c(-c3ccc4c(c3)c3c(n4-c4ccc5c6ccccc6n(C)c5c4)C=C=CC=C3)c2)cc1)C1=CCCC=C1)c1ccccc1. The summed E-state index contributed by atoms with van der Waals surface area (Å²) >= 11 is 0. The van der Waals surface area contributed by atoms with E-state index in [0.717, 1.165) is 74.4 Å². The van der Waals surface area contributed by atoms with Gasteiger partial charge in [-0.1, -0.05) is 158 Å². The van der Waals surface area contributed by atoms with Gasteiger partial charge in [-0.25, -0.2) is 9.98 Å². The van der Waals surface area contributed by atoms with Crippen molar-refractivity contribution in [3.63, 3.8) is 0 Å². The molecule has 13 rings (SSSR count). The first-order valence-corrected chi connectivity index (χ1v) is 24.6. The second-order valence-corrected chi connectivity index (χ2v) is 18.5. The minimum atomic E-state index is 0.473. The van der Waals surface area contributed by atoms with Gasteiger partial charge in [-0.15, -0.1) is 5.73 Å². The lowest BCUT2D eigenvalue weighted by Crippen LogP contribution is -2.07. The van der Waals surface area contributed by atoms with E-state index in [4.69, 9.17) is 9.98 Å². The molecule has 2 aliphatic rings. The number of hydrogen-bond acceptors (Lipinski definition) is 1. The van der Waals surface area contributed by atoms with Gasteiger partial charge in [-0.3, -0.25) is 4.99 Å².